The van der Waals surface area contributed by atoms with E-state index in [0.29, 0.717) is 50.5 Å². The number of H-pyrrole nitrogens is 1. The number of nitrogens with one attached hydrogen (secondary N) is 1. The summed E-state index contributed by atoms with van der Waals surface area (Å²) in [6.45, 7) is 8.82. The molecule has 1 aromatic carbocycles. The molecule has 0 bridgehead atoms. The van der Waals surface area contributed by atoms with Crippen LogP contribution >= 0.6 is 0 Å². The van der Waals surface area contributed by atoms with Gasteiger partial charge in [-0.2, -0.15) is 0 Å². The number of benzene rings is 1. The summed E-state index contributed by atoms with van der Waals surface area (Å²) >= 11 is 0. The number of tetrazole rings is 1. The highest BCUT2D eigenvalue weighted by Crippen LogP contribution is 2.32. The van der Waals surface area contributed by atoms with Crippen LogP contribution in [-0.2, 0) is 20.8 Å². The van der Waals surface area contributed by atoms with Crippen molar-refractivity contribution in [2.75, 3.05) is 26.3 Å². The average molecular weight is 495 g/mol. The van der Waals surface area contributed by atoms with Crippen molar-refractivity contribution >= 4 is 16.9 Å². The fourth-order valence-electron chi connectivity index (χ4n) is 5.42. The molecule has 36 heavy (non-hydrogen) atoms. The molecule has 2 saturated heterocycles. The number of hydrogen-bond donors (Lipinski definition) is 1. The first-order valence-electron chi connectivity index (χ1n) is 12.9. The Balaban J connectivity index is 1.53. The van der Waals surface area contributed by atoms with E-state index >= 15 is 0 Å². The molecule has 0 aliphatic carbocycles. The highest BCUT2D eigenvalue weighted by molar-refractivity contribution is 5.83. The summed E-state index contributed by atoms with van der Waals surface area (Å²) in [7, 11) is 0. The van der Waals surface area contributed by atoms with Crippen LogP contribution in [-0.4, -0.2) is 68.5 Å². The Hall–Kier alpha value is -3.11. The third-order valence-corrected chi connectivity index (χ3v) is 7.59. The zero-order valence-electron chi connectivity index (χ0n) is 21.2. The van der Waals surface area contributed by atoms with E-state index in [4.69, 9.17) is 9.47 Å². The van der Waals surface area contributed by atoms with Gasteiger partial charge in [0.25, 0.3) is 5.56 Å². The molecule has 3 aromatic rings. The standard InChI is InChI=1S/C26H34N6O4/c1-4-35-26(34)18-9-11-31(12-10-18)23(24-28-29-30-32(24)15-20-6-5-13-36-20)21-14-19-8-7-16(2)17(3)22(19)27-25(21)33/h7-8,14,18,20,23H,4-6,9-13,15H2,1-3H3,(H,27,33)/t20-,23-/m0/s1. The number of carbonyl (C=O) groups excluding carboxylic acids is 1. The Morgan fingerprint density at radius 2 is 2.06 bits per heavy atom. The maximum Gasteiger partial charge on any atom is 0.309 e. The number of nitrogens with zero attached hydrogens (tertiary/aromatic N) is 5. The van der Waals surface area contributed by atoms with E-state index in [1.54, 1.807) is 4.68 Å². The zero-order chi connectivity index (χ0) is 25.2. The Bertz CT molecular complexity index is 1290. The first kappa shape index (κ1) is 24.6. The average Bonchev–Trinajstić information content (AvgIpc) is 3.56. The van der Waals surface area contributed by atoms with Crippen LogP contribution in [0.5, 0.6) is 0 Å². The first-order chi connectivity index (χ1) is 17.5. The number of hydrogen-bond acceptors (Lipinski definition) is 8. The molecule has 2 atom stereocenters. The minimum absolute atomic E-state index is 0.0583. The second-order valence-corrected chi connectivity index (χ2v) is 9.84. The minimum atomic E-state index is -0.445. The largest absolute Gasteiger partial charge is 0.466 e. The number of carbonyl (C=O) groups is 1. The highest BCUT2D eigenvalue weighted by Gasteiger charge is 2.35. The lowest BCUT2D eigenvalue weighted by Crippen LogP contribution is -2.42. The van der Waals surface area contributed by atoms with Crippen LogP contribution in [0.3, 0.4) is 0 Å². The van der Waals surface area contributed by atoms with E-state index in [1.807, 2.05) is 32.9 Å². The maximum atomic E-state index is 13.5. The topological polar surface area (TPSA) is 115 Å². The van der Waals surface area contributed by atoms with Gasteiger partial charge in [0.05, 0.1) is 30.7 Å². The van der Waals surface area contributed by atoms with Gasteiger partial charge in [-0.25, -0.2) is 4.68 Å². The molecule has 192 valence electrons. The predicted octanol–water partition coefficient (Wildman–Crippen LogP) is 2.67. The van der Waals surface area contributed by atoms with Gasteiger partial charge in [0.1, 0.15) is 6.04 Å². The van der Waals surface area contributed by atoms with E-state index in [2.05, 4.69) is 31.5 Å². The first-order valence-corrected chi connectivity index (χ1v) is 12.9. The van der Waals surface area contributed by atoms with Gasteiger partial charge in [-0.3, -0.25) is 14.5 Å². The molecular weight excluding hydrogens is 460 g/mol. The minimum Gasteiger partial charge on any atom is -0.466 e. The summed E-state index contributed by atoms with van der Waals surface area (Å²) in [5, 5.41) is 13.6. The number of likely N-dealkylation sites (tertiary alicyclic amines) is 1. The molecule has 0 unspecified atom stereocenters. The number of fused-ring (bicyclic) bond motifs is 1. The molecule has 1 N–H and O–H groups in total. The molecule has 2 aliphatic heterocycles. The Morgan fingerprint density at radius 1 is 1.25 bits per heavy atom. The fourth-order valence-corrected chi connectivity index (χ4v) is 5.42. The van der Waals surface area contributed by atoms with Crippen molar-refractivity contribution in [1.29, 1.82) is 0 Å². The lowest BCUT2D eigenvalue weighted by atomic mass is 9.93. The Labute approximate surface area is 210 Å². The van der Waals surface area contributed by atoms with Crippen LogP contribution < -0.4 is 5.56 Å². The zero-order valence-corrected chi connectivity index (χ0v) is 21.2. The molecule has 2 aliphatic rings. The van der Waals surface area contributed by atoms with Gasteiger partial charge in [-0.1, -0.05) is 12.1 Å². The molecule has 0 saturated carbocycles. The SMILES string of the molecule is CCOC(=O)C1CCN([C@@H](c2cc3ccc(C)c(C)c3[nH]c2=O)c2nnnn2C[C@@H]2CCCO2)CC1. The van der Waals surface area contributed by atoms with Crippen molar-refractivity contribution in [3.05, 3.63) is 51.1 Å². The van der Waals surface area contributed by atoms with E-state index in [9.17, 15) is 9.59 Å². The number of aromatic nitrogens is 5. The summed E-state index contributed by atoms with van der Waals surface area (Å²) in [5.41, 5.74) is 3.49. The van der Waals surface area contributed by atoms with Gasteiger partial charge in [-0.05, 0) is 79.5 Å². The normalized spacial score (nSPS) is 20.1. The molecule has 2 fully saturated rings. The Kier molecular flexibility index (Phi) is 7.15. The fraction of sp³-hybridized carbons (Fsp3) is 0.577. The van der Waals surface area contributed by atoms with Crippen molar-refractivity contribution in [1.82, 2.24) is 30.1 Å². The molecule has 0 amide bonds. The molecule has 10 heteroatoms. The van der Waals surface area contributed by atoms with Crippen molar-refractivity contribution in [2.45, 2.75) is 65.1 Å². The molecular formula is C26H34N6O4. The molecule has 0 spiro atoms. The number of aromatic amines is 1. The molecule has 2 aromatic heterocycles. The van der Waals surface area contributed by atoms with Crippen LogP contribution in [0.25, 0.3) is 10.9 Å². The quantitative estimate of drug-likeness (QED) is 0.499. The van der Waals surface area contributed by atoms with Crippen molar-refractivity contribution < 1.29 is 14.3 Å². The number of ether oxygens (including phenoxy) is 2. The van der Waals surface area contributed by atoms with E-state index < -0.39 is 6.04 Å². The van der Waals surface area contributed by atoms with Gasteiger partial charge in [0, 0.05) is 25.3 Å². The highest BCUT2D eigenvalue weighted by atomic mass is 16.5. The van der Waals surface area contributed by atoms with E-state index in [0.717, 1.165) is 41.5 Å². The summed E-state index contributed by atoms with van der Waals surface area (Å²) < 4.78 is 12.9. The van der Waals surface area contributed by atoms with Gasteiger partial charge >= 0.3 is 5.97 Å². The van der Waals surface area contributed by atoms with Gasteiger partial charge in [-0.15, -0.1) is 5.10 Å². The third-order valence-electron chi connectivity index (χ3n) is 7.59. The summed E-state index contributed by atoms with van der Waals surface area (Å²) in [6, 6.07) is 5.63. The van der Waals surface area contributed by atoms with E-state index in [1.165, 1.54) is 0 Å². The predicted molar refractivity (Wildman–Crippen MR) is 134 cm³/mol. The Morgan fingerprint density at radius 3 is 2.78 bits per heavy atom. The number of esters is 1. The second-order valence-electron chi connectivity index (χ2n) is 9.84. The number of rotatable bonds is 7. The van der Waals surface area contributed by atoms with Crippen LogP contribution in [0.1, 0.15) is 61.2 Å². The molecule has 10 nitrogen and oxygen atoms in total. The lowest BCUT2D eigenvalue weighted by molar-refractivity contribution is -0.149. The van der Waals surface area contributed by atoms with Crippen molar-refractivity contribution in [2.24, 2.45) is 5.92 Å². The van der Waals surface area contributed by atoms with Gasteiger partial charge in [0.2, 0.25) is 0 Å². The summed E-state index contributed by atoms with van der Waals surface area (Å²) in [5.74, 6) is 0.338. The van der Waals surface area contributed by atoms with Crippen LogP contribution in [0, 0.1) is 19.8 Å². The third kappa shape index (κ3) is 4.79. The molecule has 4 heterocycles. The van der Waals surface area contributed by atoms with Crippen LogP contribution in [0.2, 0.25) is 0 Å². The lowest BCUT2D eigenvalue weighted by Gasteiger charge is -2.36. The van der Waals surface area contributed by atoms with Gasteiger partial charge in [0.15, 0.2) is 5.82 Å². The summed E-state index contributed by atoms with van der Waals surface area (Å²) in [4.78, 5) is 31.2. The summed E-state index contributed by atoms with van der Waals surface area (Å²) in [6.07, 6.45) is 3.36. The van der Waals surface area contributed by atoms with E-state index in [-0.39, 0.29) is 23.6 Å². The van der Waals surface area contributed by atoms with Gasteiger partial charge < -0.3 is 14.5 Å². The van der Waals surface area contributed by atoms with Crippen LogP contribution in [0.15, 0.2) is 23.0 Å². The van der Waals surface area contributed by atoms with Crippen molar-refractivity contribution in [3.8, 4) is 0 Å². The monoisotopic (exact) mass is 494 g/mol. The number of aryl methyl sites for hydroxylation is 2. The number of piperidine rings is 1. The molecule has 5 rings (SSSR count). The smallest absolute Gasteiger partial charge is 0.309 e. The molecule has 0 radical (unpaired) electrons. The van der Waals surface area contributed by atoms with Crippen molar-refractivity contribution in [3.63, 3.8) is 0 Å². The van der Waals surface area contributed by atoms with Crippen LogP contribution in [0.4, 0.5) is 0 Å². The second kappa shape index (κ2) is 10.5. The number of pyridine rings is 1. The maximum absolute atomic E-state index is 13.5.